The summed E-state index contributed by atoms with van der Waals surface area (Å²) in [6, 6.07) is 24.1. The quantitative estimate of drug-likeness (QED) is 0.370. The number of nitrogens with zero attached hydrogens (tertiary/aromatic N) is 1. The summed E-state index contributed by atoms with van der Waals surface area (Å²) in [6.45, 7) is 2.85. The van der Waals surface area contributed by atoms with Crippen molar-refractivity contribution in [1.82, 2.24) is 0 Å². The standard InChI is InChI=1S/C29H27NO3/c1-2-3-8-17-33-19-15-13-18(14-16-19)30-28(31)26-24-20-9-4-5-10-21(20)25(27(26)29(30)32)23-12-7-6-11-22(23)24/h4-7,9-16,24-27H,2-3,8,17H2,1H3. The molecule has 1 aliphatic heterocycles. The number of ether oxygens (including phenoxy) is 1. The van der Waals surface area contributed by atoms with Crippen molar-refractivity contribution in [3.63, 3.8) is 0 Å². The van der Waals surface area contributed by atoms with Crippen LogP contribution in [0.3, 0.4) is 0 Å². The van der Waals surface area contributed by atoms with E-state index < -0.39 is 0 Å². The lowest BCUT2D eigenvalue weighted by Gasteiger charge is -2.45. The van der Waals surface area contributed by atoms with Gasteiger partial charge in [0, 0.05) is 11.8 Å². The maximum absolute atomic E-state index is 13.8. The van der Waals surface area contributed by atoms with Gasteiger partial charge in [0.15, 0.2) is 0 Å². The van der Waals surface area contributed by atoms with Crippen molar-refractivity contribution in [2.75, 3.05) is 11.5 Å². The third-order valence-corrected chi connectivity index (χ3v) is 7.56. The number of amides is 2. The first-order valence-electron chi connectivity index (χ1n) is 12.0. The smallest absolute Gasteiger partial charge is 0.238 e. The summed E-state index contributed by atoms with van der Waals surface area (Å²) < 4.78 is 5.81. The van der Waals surface area contributed by atoms with Gasteiger partial charge in [0.2, 0.25) is 11.8 Å². The van der Waals surface area contributed by atoms with E-state index in [2.05, 4.69) is 31.2 Å². The molecule has 3 aliphatic carbocycles. The van der Waals surface area contributed by atoms with Gasteiger partial charge in [-0.15, -0.1) is 0 Å². The number of rotatable bonds is 6. The van der Waals surface area contributed by atoms with Crippen LogP contribution in [0.2, 0.25) is 0 Å². The summed E-state index contributed by atoms with van der Waals surface area (Å²) >= 11 is 0. The Labute approximate surface area is 194 Å². The summed E-state index contributed by atoms with van der Waals surface area (Å²) in [7, 11) is 0. The highest BCUT2D eigenvalue weighted by molar-refractivity contribution is 6.23. The fourth-order valence-corrected chi connectivity index (χ4v) is 6.17. The van der Waals surface area contributed by atoms with Crippen LogP contribution in [0.25, 0.3) is 0 Å². The molecule has 3 aromatic carbocycles. The molecule has 0 N–H and O–H groups in total. The summed E-state index contributed by atoms with van der Waals surface area (Å²) in [5.41, 5.74) is 5.41. The van der Waals surface area contributed by atoms with Crippen LogP contribution in [0.5, 0.6) is 5.75 Å². The minimum Gasteiger partial charge on any atom is -0.494 e. The number of unbranched alkanes of at least 4 members (excludes halogenated alkanes) is 2. The molecule has 0 radical (unpaired) electrons. The van der Waals surface area contributed by atoms with Gasteiger partial charge in [-0.2, -0.15) is 0 Å². The summed E-state index contributed by atoms with van der Waals surface area (Å²) in [5.74, 6) is -0.243. The summed E-state index contributed by atoms with van der Waals surface area (Å²) in [6.07, 6.45) is 3.32. The molecule has 0 aromatic heterocycles. The van der Waals surface area contributed by atoms with Crippen LogP contribution in [0.1, 0.15) is 60.3 Å². The van der Waals surface area contributed by atoms with E-state index in [-0.39, 0.29) is 35.5 Å². The Bertz CT molecular complexity index is 1120. The molecule has 1 heterocycles. The zero-order valence-electron chi connectivity index (χ0n) is 18.7. The lowest BCUT2D eigenvalue weighted by Crippen LogP contribution is -2.41. The maximum Gasteiger partial charge on any atom is 0.238 e. The molecule has 4 aliphatic rings. The number of imide groups is 1. The predicted molar refractivity (Wildman–Crippen MR) is 128 cm³/mol. The predicted octanol–water partition coefficient (Wildman–Crippen LogP) is 5.65. The molecule has 0 spiro atoms. The van der Waals surface area contributed by atoms with Crippen molar-refractivity contribution in [3.05, 3.63) is 95.1 Å². The molecule has 0 saturated carbocycles. The minimum atomic E-state index is -0.350. The van der Waals surface area contributed by atoms with Crippen LogP contribution in [0, 0.1) is 11.8 Å². The van der Waals surface area contributed by atoms with Gasteiger partial charge in [0.05, 0.1) is 24.1 Å². The molecule has 2 bridgehead atoms. The normalized spacial score (nSPS) is 24.5. The second-order valence-electron chi connectivity index (χ2n) is 9.33. The molecular formula is C29H27NO3. The van der Waals surface area contributed by atoms with Crippen molar-refractivity contribution in [2.45, 2.75) is 38.0 Å². The molecule has 1 fully saturated rings. The van der Waals surface area contributed by atoms with E-state index in [1.165, 1.54) is 27.2 Å². The zero-order valence-corrected chi connectivity index (χ0v) is 18.7. The van der Waals surface area contributed by atoms with E-state index in [9.17, 15) is 9.59 Å². The summed E-state index contributed by atoms with van der Waals surface area (Å²) in [5, 5.41) is 0. The van der Waals surface area contributed by atoms with E-state index in [0.717, 1.165) is 25.0 Å². The van der Waals surface area contributed by atoms with Gasteiger partial charge in [0.1, 0.15) is 5.75 Å². The van der Waals surface area contributed by atoms with Crippen molar-refractivity contribution < 1.29 is 14.3 Å². The van der Waals surface area contributed by atoms with Gasteiger partial charge in [-0.25, -0.2) is 4.90 Å². The average molecular weight is 438 g/mol. The van der Waals surface area contributed by atoms with Gasteiger partial charge >= 0.3 is 0 Å². The number of carbonyl (C=O) groups is 2. The topological polar surface area (TPSA) is 46.6 Å². The van der Waals surface area contributed by atoms with Gasteiger partial charge in [-0.1, -0.05) is 68.3 Å². The van der Waals surface area contributed by atoms with Crippen molar-refractivity contribution >= 4 is 17.5 Å². The minimum absolute atomic E-state index is 0.0741. The first-order chi connectivity index (χ1) is 16.2. The Balaban J connectivity index is 1.35. The van der Waals surface area contributed by atoms with E-state index in [4.69, 9.17) is 4.74 Å². The molecule has 7 rings (SSSR count). The number of hydrogen-bond donors (Lipinski definition) is 0. The van der Waals surface area contributed by atoms with E-state index in [1.54, 1.807) is 0 Å². The van der Waals surface area contributed by atoms with Gasteiger partial charge in [0.25, 0.3) is 0 Å². The Hall–Kier alpha value is -3.40. The molecule has 2 atom stereocenters. The van der Waals surface area contributed by atoms with Crippen LogP contribution in [0.15, 0.2) is 72.8 Å². The lowest BCUT2D eigenvalue weighted by atomic mass is 9.55. The van der Waals surface area contributed by atoms with Crippen molar-refractivity contribution in [3.8, 4) is 5.75 Å². The molecule has 33 heavy (non-hydrogen) atoms. The highest BCUT2D eigenvalue weighted by atomic mass is 16.5. The number of hydrogen-bond acceptors (Lipinski definition) is 3. The molecule has 1 saturated heterocycles. The second-order valence-corrected chi connectivity index (χ2v) is 9.33. The fourth-order valence-electron chi connectivity index (χ4n) is 6.17. The molecule has 166 valence electrons. The molecule has 3 aromatic rings. The Morgan fingerprint density at radius 2 is 1.18 bits per heavy atom. The third kappa shape index (κ3) is 2.97. The molecule has 2 unspecified atom stereocenters. The Morgan fingerprint density at radius 1 is 0.697 bits per heavy atom. The van der Waals surface area contributed by atoms with Crippen LogP contribution in [0.4, 0.5) is 5.69 Å². The molecule has 2 amide bonds. The summed E-state index contributed by atoms with van der Waals surface area (Å²) in [4.78, 5) is 29.0. The maximum atomic E-state index is 13.8. The molecule has 4 heteroatoms. The highest BCUT2D eigenvalue weighted by Gasteiger charge is 2.61. The number of anilines is 1. The fraction of sp³-hybridized carbons (Fsp3) is 0.310. The van der Waals surface area contributed by atoms with E-state index >= 15 is 0 Å². The number of benzene rings is 3. The average Bonchev–Trinajstić information content (AvgIpc) is 3.13. The Morgan fingerprint density at radius 3 is 1.64 bits per heavy atom. The first-order valence-corrected chi connectivity index (χ1v) is 12.0. The van der Waals surface area contributed by atoms with Gasteiger partial charge in [-0.05, 0) is 52.9 Å². The third-order valence-electron chi connectivity index (χ3n) is 7.56. The van der Waals surface area contributed by atoms with E-state index in [0.29, 0.717) is 12.3 Å². The molecular weight excluding hydrogens is 410 g/mol. The van der Waals surface area contributed by atoms with Crippen LogP contribution in [-0.2, 0) is 9.59 Å². The van der Waals surface area contributed by atoms with Crippen molar-refractivity contribution in [2.24, 2.45) is 11.8 Å². The lowest BCUT2D eigenvalue weighted by molar-refractivity contribution is -0.122. The van der Waals surface area contributed by atoms with Crippen LogP contribution < -0.4 is 9.64 Å². The van der Waals surface area contributed by atoms with Crippen LogP contribution >= 0.6 is 0 Å². The monoisotopic (exact) mass is 437 g/mol. The first kappa shape index (κ1) is 20.2. The molecule has 4 nitrogen and oxygen atoms in total. The van der Waals surface area contributed by atoms with Crippen LogP contribution in [-0.4, -0.2) is 18.4 Å². The second kappa shape index (κ2) is 7.87. The van der Waals surface area contributed by atoms with Gasteiger partial charge in [-0.3, -0.25) is 9.59 Å². The largest absolute Gasteiger partial charge is 0.494 e. The Kier molecular flexibility index (Phi) is 4.83. The highest BCUT2D eigenvalue weighted by Crippen LogP contribution is 2.61. The van der Waals surface area contributed by atoms with Crippen molar-refractivity contribution in [1.29, 1.82) is 0 Å². The number of carbonyl (C=O) groups excluding carboxylic acids is 2. The zero-order chi connectivity index (χ0) is 22.5. The SMILES string of the molecule is CCCCCOc1ccc(N2C(=O)C3C4c5ccccc5C(c5ccccc54)C3C2=O)cc1. The van der Waals surface area contributed by atoms with E-state index in [1.807, 2.05) is 48.5 Å². The van der Waals surface area contributed by atoms with Gasteiger partial charge < -0.3 is 4.74 Å².